The largest absolute Gasteiger partial charge is 0.497 e. The number of hydrogen-bond donors (Lipinski definition) is 1. The van der Waals surface area contributed by atoms with Crippen LogP contribution in [0.2, 0.25) is 5.02 Å². The topological polar surface area (TPSA) is 68.5 Å². The minimum atomic E-state index is -0.472. The molecule has 2 aromatic carbocycles. The minimum Gasteiger partial charge on any atom is -0.497 e. The third kappa shape index (κ3) is 3.67. The summed E-state index contributed by atoms with van der Waals surface area (Å²) >= 11 is 6.17. The molecule has 0 saturated heterocycles. The van der Waals surface area contributed by atoms with Crippen LogP contribution in [0, 0.1) is 6.92 Å². The van der Waals surface area contributed by atoms with E-state index >= 15 is 0 Å². The molecule has 3 rings (SSSR count). The minimum absolute atomic E-state index is 0.178. The molecule has 3 aromatic rings. The molecule has 0 radical (unpaired) electrons. The molecule has 0 unspecified atom stereocenters. The van der Waals surface area contributed by atoms with E-state index in [2.05, 4.69) is 5.32 Å². The Kier molecular flexibility index (Phi) is 4.76. The Morgan fingerprint density at radius 1 is 1.24 bits per heavy atom. The molecular weight excluding hydrogens is 342 g/mol. The summed E-state index contributed by atoms with van der Waals surface area (Å²) in [5.41, 5.74) is 1.90. The van der Waals surface area contributed by atoms with E-state index in [1.165, 1.54) is 13.2 Å². The number of rotatable bonds is 4. The predicted octanol–water partition coefficient (Wildman–Crippen LogP) is 3.69. The molecular formula is C19H16ClNO4. The van der Waals surface area contributed by atoms with Gasteiger partial charge in [0.25, 0.3) is 5.91 Å². The summed E-state index contributed by atoms with van der Waals surface area (Å²) < 4.78 is 10.3. The molecule has 0 fully saturated rings. The van der Waals surface area contributed by atoms with Crippen LogP contribution in [-0.2, 0) is 6.54 Å². The highest BCUT2D eigenvalue weighted by atomic mass is 35.5. The molecule has 0 aliphatic heterocycles. The van der Waals surface area contributed by atoms with Gasteiger partial charge in [0.1, 0.15) is 11.3 Å². The molecule has 0 spiro atoms. The zero-order chi connectivity index (χ0) is 18.0. The van der Waals surface area contributed by atoms with Crippen molar-refractivity contribution in [3.05, 3.63) is 74.6 Å². The van der Waals surface area contributed by atoms with Crippen LogP contribution in [0.5, 0.6) is 5.75 Å². The number of aryl methyl sites for hydroxylation is 1. The van der Waals surface area contributed by atoms with Crippen molar-refractivity contribution < 1.29 is 13.9 Å². The Bertz CT molecular complexity index is 1010. The van der Waals surface area contributed by atoms with Gasteiger partial charge in [0.15, 0.2) is 0 Å². The molecule has 1 amide bonds. The molecule has 1 N–H and O–H groups in total. The van der Waals surface area contributed by atoms with Crippen LogP contribution in [0.15, 0.2) is 51.7 Å². The first kappa shape index (κ1) is 17.0. The third-order valence-electron chi connectivity index (χ3n) is 3.88. The molecule has 0 saturated carbocycles. The van der Waals surface area contributed by atoms with Crippen molar-refractivity contribution in [3.8, 4) is 5.75 Å². The quantitative estimate of drug-likeness (QED) is 0.723. The standard InChI is InChI=1S/C19H16ClNO4/c1-11-6-17-15(9-16(11)20)13(8-18(22)25-17)10-21-19(23)12-4-3-5-14(7-12)24-2/h3-9H,10H2,1-2H3,(H,21,23). The van der Waals surface area contributed by atoms with E-state index < -0.39 is 5.63 Å². The number of halogens is 1. The van der Waals surface area contributed by atoms with Gasteiger partial charge in [0.05, 0.1) is 7.11 Å². The first-order chi connectivity index (χ1) is 12.0. The number of carbonyl (C=O) groups is 1. The van der Waals surface area contributed by atoms with Crippen molar-refractivity contribution in [3.63, 3.8) is 0 Å². The molecule has 0 aliphatic carbocycles. The van der Waals surface area contributed by atoms with Gasteiger partial charge in [-0.15, -0.1) is 0 Å². The van der Waals surface area contributed by atoms with Gasteiger partial charge in [-0.3, -0.25) is 4.79 Å². The second-order valence-corrected chi connectivity index (χ2v) is 6.01. The first-order valence-corrected chi connectivity index (χ1v) is 8.01. The second kappa shape index (κ2) is 6.99. The van der Waals surface area contributed by atoms with Gasteiger partial charge in [-0.1, -0.05) is 17.7 Å². The Labute approximate surface area is 149 Å². The van der Waals surface area contributed by atoms with E-state index in [4.69, 9.17) is 20.8 Å². The Morgan fingerprint density at radius 2 is 2.04 bits per heavy atom. The average molecular weight is 358 g/mol. The lowest BCUT2D eigenvalue weighted by Gasteiger charge is -2.09. The van der Waals surface area contributed by atoms with Gasteiger partial charge < -0.3 is 14.5 Å². The van der Waals surface area contributed by atoms with Crippen molar-refractivity contribution in [2.45, 2.75) is 13.5 Å². The van der Waals surface area contributed by atoms with E-state index in [0.717, 1.165) is 5.56 Å². The Morgan fingerprint density at radius 3 is 2.80 bits per heavy atom. The predicted molar refractivity (Wildman–Crippen MR) is 96.4 cm³/mol. The lowest BCUT2D eigenvalue weighted by molar-refractivity contribution is 0.0950. The first-order valence-electron chi connectivity index (χ1n) is 7.63. The summed E-state index contributed by atoms with van der Waals surface area (Å²) in [5.74, 6) is 0.333. The highest BCUT2D eigenvalue weighted by Crippen LogP contribution is 2.25. The Hall–Kier alpha value is -2.79. The van der Waals surface area contributed by atoms with Crippen molar-refractivity contribution in [2.24, 2.45) is 0 Å². The van der Waals surface area contributed by atoms with Crippen LogP contribution in [0.4, 0.5) is 0 Å². The molecule has 0 bridgehead atoms. The van der Waals surface area contributed by atoms with E-state index in [-0.39, 0.29) is 12.5 Å². The fraction of sp³-hybridized carbons (Fsp3) is 0.158. The fourth-order valence-electron chi connectivity index (χ4n) is 2.54. The fourth-order valence-corrected chi connectivity index (χ4v) is 2.70. The lowest BCUT2D eigenvalue weighted by atomic mass is 10.1. The smallest absolute Gasteiger partial charge is 0.336 e. The number of hydrogen-bond acceptors (Lipinski definition) is 4. The number of amides is 1. The van der Waals surface area contributed by atoms with Crippen LogP contribution in [0.1, 0.15) is 21.5 Å². The number of methoxy groups -OCH3 is 1. The SMILES string of the molecule is COc1cccc(C(=O)NCc2cc(=O)oc3cc(C)c(Cl)cc23)c1. The number of nitrogens with one attached hydrogen (secondary N) is 1. The van der Waals surface area contributed by atoms with Crippen LogP contribution >= 0.6 is 11.6 Å². The van der Waals surface area contributed by atoms with Crippen molar-refractivity contribution in [1.29, 1.82) is 0 Å². The van der Waals surface area contributed by atoms with Crippen LogP contribution < -0.4 is 15.7 Å². The summed E-state index contributed by atoms with van der Waals surface area (Å²) in [6, 6.07) is 11.6. The highest BCUT2D eigenvalue weighted by molar-refractivity contribution is 6.32. The number of benzene rings is 2. The summed E-state index contributed by atoms with van der Waals surface area (Å²) in [6.45, 7) is 2.01. The molecule has 0 aliphatic rings. The molecule has 1 heterocycles. The van der Waals surface area contributed by atoms with E-state index in [9.17, 15) is 9.59 Å². The molecule has 128 valence electrons. The summed E-state index contributed by atoms with van der Waals surface area (Å²) in [7, 11) is 1.54. The van der Waals surface area contributed by atoms with Crippen LogP contribution in [0.25, 0.3) is 11.0 Å². The van der Waals surface area contributed by atoms with E-state index in [0.29, 0.717) is 32.9 Å². The summed E-state index contributed by atoms with van der Waals surface area (Å²) in [4.78, 5) is 24.1. The normalized spacial score (nSPS) is 10.7. The summed E-state index contributed by atoms with van der Waals surface area (Å²) in [5, 5.41) is 4.07. The average Bonchev–Trinajstić information content (AvgIpc) is 2.61. The van der Waals surface area contributed by atoms with Gasteiger partial charge in [0, 0.05) is 28.6 Å². The molecule has 5 nitrogen and oxygen atoms in total. The molecule has 6 heteroatoms. The van der Waals surface area contributed by atoms with E-state index in [1.807, 2.05) is 6.92 Å². The lowest BCUT2D eigenvalue weighted by Crippen LogP contribution is -2.23. The highest BCUT2D eigenvalue weighted by Gasteiger charge is 2.11. The van der Waals surface area contributed by atoms with Gasteiger partial charge in [0.2, 0.25) is 0 Å². The van der Waals surface area contributed by atoms with Crippen LogP contribution in [-0.4, -0.2) is 13.0 Å². The van der Waals surface area contributed by atoms with Gasteiger partial charge in [-0.2, -0.15) is 0 Å². The number of ether oxygens (including phenoxy) is 1. The van der Waals surface area contributed by atoms with Crippen molar-refractivity contribution in [2.75, 3.05) is 7.11 Å². The zero-order valence-electron chi connectivity index (χ0n) is 13.8. The maximum absolute atomic E-state index is 12.3. The van der Waals surface area contributed by atoms with Gasteiger partial charge in [-0.25, -0.2) is 4.79 Å². The van der Waals surface area contributed by atoms with E-state index in [1.54, 1.807) is 36.4 Å². The second-order valence-electron chi connectivity index (χ2n) is 5.60. The molecule has 0 atom stereocenters. The molecule has 25 heavy (non-hydrogen) atoms. The van der Waals surface area contributed by atoms with Gasteiger partial charge in [-0.05, 0) is 48.4 Å². The number of carbonyl (C=O) groups excluding carboxylic acids is 1. The summed E-state index contributed by atoms with van der Waals surface area (Å²) in [6.07, 6.45) is 0. The van der Waals surface area contributed by atoms with Gasteiger partial charge >= 0.3 is 5.63 Å². The third-order valence-corrected chi connectivity index (χ3v) is 4.29. The zero-order valence-corrected chi connectivity index (χ0v) is 14.5. The van der Waals surface area contributed by atoms with Crippen LogP contribution in [0.3, 0.4) is 0 Å². The van der Waals surface area contributed by atoms with Crippen molar-refractivity contribution in [1.82, 2.24) is 5.32 Å². The monoisotopic (exact) mass is 357 g/mol. The number of fused-ring (bicyclic) bond motifs is 1. The maximum Gasteiger partial charge on any atom is 0.336 e. The molecule has 1 aromatic heterocycles. The maximum atomic E-state index is 12.3. The van der Waals surface area contributed by atoms with Crippen molar-refractivity contribution >= 4 is 28.5 Å². The Balaban J connectivity index is 1.89.